The van der Waals surface area contributed by atoms with Crippen molar-refractivity contribution in [3.8, 4) is 0 Å². The van der Waals surface area contributed by atoms with Gasteiger partial charge in [-0.25, -0.2) is 4.39 Å². The third-order valence-corrected chi connectivity index (χ3v) is 5.64. The molecule has 0 saturated carbocycles. The van der Waals surface area contributed by atoms with E-state index >= 15 is 0 Å². The van der Waals surface area contributed by atoms with Crippen molar-refractivity contribution >= 4 is 5.91 Å². The number of nitrogens with zero attached hydrogens (tertiary/aromatic N) is 1. The van der Waals surface area contributed by atoms with Gasteiger partial charge in [-0.3, -0.25) is 4.79 Å². The molecule has 27 heavy (non-hydrogen) atoms. The minimum atomic E-state index is -0.194. The first-order valence-corrected chi connectivity index (χ1v) is 10.3. The maximum Gasteiger partial charge on any atom is 0.253 e. The maximum absolute atomic E-state index is 13.1. The van der Waals surface area contributed by atoms with Gasteiger partial charge in [0.25, 0.3) is 5.91 Å². The molecule has 1 amide bonds. The minimum absolute atomic E-state index is 0.130. The Hall–Kier alpha value is -2.16. The Morgan fingerprint density at radius 3 is 2.26 bits per heavy atom. The molecule has 3 heteroatoms. The molecule has 1 fully saturated rings. The van der Waals surface area contributed by atoms with E-state index in [-0.39, 0.29) is 11.7 Å². The molecule has 0 unspecified atom stereocenters. The van der Waals surface area contributed by atoms with E-state index in [0.717, 1.165) is 37.9 Å². The van der Waals surface area contributed by atoms with Gasteiger partial charge in [0.15, 0.2) is 0 Å². The normalized spacial score (nSPS) is 15.1. The van der Waals surface area contributed by atoms with Gasteiger partial charge in [0.1, 0.15) is 5.82 Å². The Bertz CT molecular complexity index is 715. The lowest BCUT2D eigenvalue weighted by molar-refractivity contribution is 0.0713. The summed E-state index contributed by atoms with van der Waals surface area (Å²) in [5, 5.41) is 0. The molecule has 0 N–H and O–H groups in total. The second-order valence-corrected chi connectivity index (χ2v) is 7.63. The number of aryl methyl sites for hydroxylation is 1. The third kappa shape index (κ3) is 5.41. The zero-order chi connectivity index (χ0) is 19.1. The monoisotopic (exact) mass is 367 g/mol. The molecule has 1 aliphatic heterocycles. The molecular weight excluding hydrogens is 337 g/mol. The zero-order valence-corrected chi connectivity index (χ0v) is 16.3. The first kappa shape index (κ1) is 19.6. The van der Waals surface area contributed by atoms with Crippen molar-refractivity contribution in [2.75, 3.05) is 13.1 Å². The number of amides is 1. The minimum Gasteiger partial charge on any atom is -0.339 e. The highest BCUT2D eigenvalue weighted by Gasteiger charge is 2.24. The van der Waals surface area contributed by atoms with Gasteiger partial charge in [-0.05, 0) is 67.0 Å². The molecule has 0 aliphatic carbocycles. The van der Waals surface area contributed by atoms with Crippen LogP contribution in [-0.2, 0) is 6.42 Å². The highest BCUT2D eigenvalue weighted by atomic mass is 19.1. The van der Waals surface area contributed by atoms with Gasteiger partial charge < -0.3 is 4.90 Å². The van der Waals surface area contributed by atoms with Crippen LogP contribution in [0.1, 0.15) is 72.9 Å². The molecule has 0 aromatic heterocycles. The highest BCUT2D eigenvalue weighted by molar-refractivity contribution is 5.94. The molecule has 2 nitrogen and oxygen atoms in total. The van der Waals surface area contributed by atoms with E-state index in [0.29, 0.717) is 5.92 Å². The van der Waals surface area contributed by atoms with Crippen molar-refractivity contribution in [2.45, 2.75) is 57.8 Å². The van der Waals surface area contributed by atoms with Crippen LogP contribution in [0.3, 0.4) is 0 Å². The van der Waals surface area contributed by atoms with Gasteiger partial charge >= 0.3 is 0 Å². The van der Waals surface area contributed by atoms with Crippen molar-refractivity contribution in [3.05, 3.63) is 71.0 Å². The molecule has 1 heterocycles. The van der Waals surface area contributed by atoms with Crippen LogP contribution >= 0.6 is 0 Å². The van der Waals surface area contributed by atoms with Crippen molar-refractivity contribution in [3.63, 3.8) is 0 Å². The lowest BCUT2D eigenvalue weighted by atomic mass is 9.89. The number of rotatable bonds is 7. The predicted molar refractivity (Wildman–Crippen MR) is 109 cm³/mol. The fraction of sp³-hybridized carbons (Fsp3) is 0.458. The van der Waals surface area contributed by atoms with Crippen molar-refractivity contribution in [2.24, 2.45) is 0 Å². The largest absolute Gasteiger partial charge is 0.339 e. The fourth-order valence-electron chi connectivity index (χ4n) is 3.90. The zero-order valence-electron chi connectivity index (χ0n) is 16.3. The van der Waals surface area contributed by atoms with Gasteiger partial charge in [-0.2, -0.15) is 0 Å². The molecule has 2 aromatic rings. The fourth-order valence-corrected chi connectivity index (χ4v) is 3.90. The molecule has 0 atom stereocenters. The molecule has 1 saturated heterocycles. The van der Waals surface area contributed by atoms with E-state index in [1.54, 1.807) is 0 Å². The molecule has 0 radical (unpaired) electrons. The topological polar surface area (TPSA) is 20.3 Å². The van der Waals surface area contributed by atoms with E-state index in [1.807, 2.05) is 29.2 Å². The standard InChI is InChI=1S/C24H30FNO/c1-2-3-4-5-6-19-7-9-22(10-8-19)24(27)26-17-15-21(16-18-26)20-11-13-23(25)14-12-20/h7-14,21H,2-6,15-18H2,1H3. The summed E-state index contributed by atoms with van der Waals surface area (Å²) in [6.07, 6.45) is 8.02. The lowest BCUT2D eigenvalue weighted by Crippen LogP contribution is -2.37. The van der Waals surface area contributed by atoms with Crippen molar-refractivity contribution in [1.82, 2.24) is 4.90 Å². The first-order valence-electron chi connectivity index (χ1n) is 10.3. The van der Waals surface area contributed by atoms with Crippen LogP contribution in [0.15, 0.2) is 48.5 Å². The summed E-state index contributed by atoms with van der Waals surface area (Å²) >= 11 is 0. The number of piperidine rings is 1. The summed E-state index contributed by atoms with van der Waals surface area (Å²) in [4.78, 5) is 14.7. The number of carbonyl (C=O) groups excluding carboxylic acids is 1. The average molecular weight is 368 g/mol. The van der Waals surface area contributed by atoms with E-state index in [1.165, 1.54) is 48.9 Å². The number of benzene rings is 2. The number of carbonyl (C=O) groups is 1. The molecule has 2 aromatic carbocycles. The summed E-state index contributed by atoms with van der Waals surface area (Å²) in [6.45, 7) is 3.75. The van der Waals surface area contributed by atoms with Crippen LogP contribution in [0.4, 0.5) is 4.39 Å². The van der Waals surface area contributed by atoms with Crippen LogP contribution in [0, 0.1) is 5.82 Å². The summed E-state index contributed by atoms with van der Waals surface area (Å²) in [7, 11) is 0. The highest BCUT2D eigenvalue weighted by Crippen LogP contribution is 2.28. The van der Waals surface area contributed by atoms with E-state index < -0.39 is 0 Å². The first-order chi connectivity index (χ1) is 13.2. The second-order valence-electron chi connectivity index (χ2n) is 7.63. The van der Waals surface area contributed by atoms with Gasteiger partial charge in [-0.15, -0.1) is 0 Å². The molecule has 1 aliphatic rings. The third-order valence-electron chi connectivity index (χ3n) is 5.64. The van der Waals surface area contributed by atoms with Gasteiger partial charge in [0, 0.05) is 18.7 Å². The Morgan fingerprint density at radius 1 is 0.963 bits per heavy atom. The van der Waals surface area contributed by atoms with Gasteiger partial charge in [-0.1, -0.05) is 50.5 Å². The quantitative estimate of drug-likeness (QED) is 0.552. The Kier molecular flexibility index (Phi) is 7.03. The van der Waals surface area contributed by atoms with Crippen molar-refractivity contribution in [1.29, 1.82) is 0 Å². The van der Waals surface area contributed by atoms with Gasteiger partial charge in [0.05, 0.1) is 0 Å². The van der Waals surface area contributed by atoms with E-state index in [9.17, 15) is 9.18 Å². The van der Waals surface area contributed by atoms with Crippen LogP contribution in [0.2, 0.25) is 0 Å². The Balaban J connectivity index is 1.50. The molecule has 144 valence electrons. The maximum atomic E-state index is 13.1. The van der Waals surface area contributed by atoms with Crippen molar-refractivity contribution < 1.29 is 9.18 Å². The number of hydrogen-bond acceptors (Lipinski definition) is 1. The number of unbranched alkanes of at least 4 members (excludes halogenated alkanes) is 3. The number of hydrogen-bond donors (Lipinski definition) is 0. The Labute approximate surface area is 162 Å². The molecule has 0 bridgehead atoms. The summed E-state index contributed by atoms with van der Waals surface area (Å²) in [6, 6.07) is 14.9. The van der Waals surface area contributed by atoms with Crippen LogP contribution in [0.25, 0.3) is 0 Å². The van der Waals surface area contributed by atoms with Crippen LogP contribution in [0.5, 0.6) is 0 Å². The number of likely N-dealkylation sites (tertiary alicyclic amines) is 1. The van der Waals surface area contributed by atoms with Crippen LogP contribution in [-0.4, -0.2) is 23.9 Å². The van der Waals surface area contributed by atoms with Gasteiger partial charge in [0.2, 0.25) is 0 Å². The average Bonchev–Trinajstić information content (AvgIpc) is 2.72. The number of halogens is 1. The molecule has 0 spiro atoms. The van der Waals surface area contributed by atoms with E-state index in [4.69, 9.17) is 0 Å². The molecule has 3 rings (SSSR count). The van der Waals surface area contributed by atoms with Crippen LogP contribution < -0.4 is 0 Å². The summed E-state index contributed by atoms with van der Waals surface area (Å²) in [5.41, 5.74) is 3.28. The summed E-state index contributed by atoms with van der Waals surface area (Å²) < 4.78 is 13.1. The Morgan fingerprint density at radius 2 is 1.63 bits per heavy atom. The predicted octanol–water partition coefficient (Wildman–Crippen LogP) is 5.97. The molecular formula is C24H30FNO. The summed E-state index contributed by atoms with van der Waals surface area (Å²) in [5.74, 6) is 0.352. The lowest BCUT2D eigenvalue weighted by Gasteiger charge is -2.32. The smallest absolute Gasteiger partial charge is 0.253 e. The second kappa shape index (κ2) is 9.68. The SMILES string of the molecule is CCCCCCc1ccc(C(=O)N2CCC(c3ccc(F)cc3)CC2)cc1. The van der Waals surface area contributed by atoms with E-state index in [2.05, 4.69) is 19.1 Å².